The molecule has 9 heteroatoms. The van der Waals surface area contributed by atoms with Gasteiger partial charge in [0, 0.05) is 13.0 Å². The van der Waals surface area contributed by atoms with Crippen molar-refractivity contribution in [2.24, 2.45) is 0 Å². The van der Waals surface area contributed by atoms with E-state index in [1.165, 1.54) is 77.0 Å². The van der Waals surface area contributed by atoms with Crippen LogP contribution in [0, 0.1) is 0 Å². The van der Waals surface area contributed by atoms with Crippen LogP contribution in [0.25, 0.3) is 0 Å². The summed E-state index contributed by atoms with van der Waals surface area (Å²) in [4.78, 5) is 24.9. The molecule has 49 heavy (non-hydrogen) atoms. The van der Waals surface area contributed by atoms with Gasteiger partial charge >= 0.3 is 5.97 Å². The van der Waals surface area contributed by atoms with Crippen LogP contribution < -0.4 is 4.89 Å². The molecule has 0 amide bonds. The molecule has 0 radical (unpaired) electrons. The summed E-state index contributed by atoms with van der Waals surface area (Å²) in [6, 6.07) is 0. The van der Waals surface area contributed by atoms with Gasteiger partial charge in [-0.3, -0.25) is 9.36 Å². The number of rotatable bonds is 36. The molecule has 0 saturated heterocycles. The third-order valence-electron chi connectivity index (χ3n) is 8.19. The monoisotopic (exact) mass is 714 g/mol. The van der Waals surface area contributed by atoms with E-state index in [1.54, 1.807) is 0 Å². The summed E-state index contributed by atoms with van der Waals surface area (Å²) in [6.45, 7) is 5.33. The molecule has 8 nitrogen and oxygen atoms in total. The number of phosphoric ester groups is 1. The minimum absolute atomic E-state index is 0.0234. The lowest BCUT2D eigenvalue weighted by molar-refractivity contribution is -0.870. The van der Waals surface area contributed by atoms with Gasteiger partial charge in [-0.05, 0) is 51.4 Å². The fraction of sp³-hybridized carbons (Fsp3) is 0.825. The van der Waals surface area contributed by atoms with Gasteiger partial charge in [0.15, 0.2) is 0 Å². The van der Waals surface area contributed by atoms with E-state index >= 15 is 0 Å². The lowest BCUT2D eigenvalue weighted by Gasteiger charge is -2.28. The highest BCUT2D eigenvalue weighted by molar-refractivity contribution is 7.45. The number of phosphoric acid groups is 1. The first-order valence-electron chi connectivity index (χ1n) is 19.7. The van der Waals surface area contributed by atoms with Crippen LogP contribution in [-0.2, 0) is 27.9 Å². The topological polar surface area (TPSA) is 94.1 Å². The number of quaternary nitrogens is 1. The molecule has 0 aliphatic carbocycles. The maximum Gasteiger partial charge on any atom is 0.306 e. The van der Waals surface area contributed by atoms with Crippen LogP contribution in [0.5, 0.6) is 0 Å². The number of esters is 1. The molecule has 0 aromatic rings. The first-order chi connectivity index (χ1) is 23.6. The molecule has 0 aliphatic heterocycles. The Kier molecular flexibility index (Phi) is 33.0. The standard InChI is InChI=1S/C40H76NO7P/c1-6-8-10-12-14-16-17-18-19-20-21-22-23-24-25-26-27-29-31-33-40(42)48-39(37-45-35-32-30-28-15-13-11-9-7-2)38-47-49(43,44)46-36-34-41(3,4)5/h14,16,18-19,21-22,39H,6-13,15,17,20,23-38H2,1-5H3/b16-14-,19-18-,22-21-. The third kappa shape index (κ3) is 37.8. The van der Waals surface area contributed by atoms with Gasteiger partial charge in [-0.2, -0.15) is 0 Å². The third-order valence-corrected chi connectivity index (χ3v) is 9.16. The highest BCUT2D eigenvalue weighted by Crippen LogP contribution is 2.38. The van der Waals surface area contributed by atoms with Crippen molar-refractivity contribution in [2.45, 2.75) is 161 Å². The van der Waals surface area contributed by atoms with Crippen LogP contribution in [0.2, 0.25) is 0 Å². The van der Waals surface area contributed by atoms with E-state index in [0.29, 0.717) is 24.1 Å². The van der Waals surface area contributed by atoms with Gasteiger partial charge in [-0.1, -0.05) is 134 Å². The lowest BCUT2D eigenvalue weighted by atomic mass is 10.1. The summed E-state index contributed by atoms with van der Waals surface area (Å²) in [5.74, 6) is -0.349. The van der Waals surface area contributed by atoms with E-state index in [9.17, 15) is 14.3 Å². The summed E-state index contributed by atoms with van der Waals surface area (Å²) >= 11 is 0. The minimum atomic E-state index is -4.52. The predicted octanol–water partition coefficient (Wildman–Crippen LogP) is 10.4. The second-order valence-electron chi connectivity index (χ2n) is 14.3. The molecular formula is C40H76NO7P. The van der Waals surface area contributed by atoms with Crippen molar-refractivity contribution in [1.82, 2.24) is 0 Å². The molecule has 0 heterocycles. The fourth-order valence-electron chi connectivity index (χ4n) is 5.08. The summed E-state index contributed by atoms with van der Waals surface area (Å²) in [5.41, 5.74) is 0. The first-order valence-corrected chi connectivity index (χ1v) is 21.2. The molecule has 0 fully saturated rings. The maximum absolute atomic E-state index is 12.6. The molecule has 0 spiro atoms. The van der Waals surface area contributed by atoms with Crippen LogP contribution in [0.15, 0.2) is 36.5 Å². The number of hydrogen-bond acceptors (Lipinski definition) is 7. The lowest BCUT2D eigenvalue weighted by Crippen LogP contribution is -2.37. The number of unbranched alkanes of at least 4 members (excludes halogenated alkanes) is 16. The van der Waals surface area contributed by atoms with Crippen molar-refractivity contribution in [3.8, 4) is 0 Å². The smallest absolute Gasteiger partial charge is 0.306 e. The molecule has 2 unspecified atom stereocenters. The van der Waals surface area contributed by atoms with Gasteiger partial charge in [-0.25, -0.2) is 0 Å². The highest BCUT2D eigenvalue weighted by Gasteiger charge is 2.20. The van der Waals surface area contributed by atoms with Crippen LogP contribution >= 0.6 is 7.82 Å². The Morgan fingerprint density at radius 2 is 1.12 bits per heavy atom. The van der Waals surface area contributed by atoms with Crippen LogP contribution in [0.1, 0.15) is 155 Å². The number of ether oxygens (including phenoxy) is 2. The van der Waals surface area contributed by atoms with Crippen molar-refractivity contribution in [3.05, 3.63) is 36.5 Å². The van der Waals surface area contributed by atoms with E-state index < -0.39 is 13.9 Å². The summed E-state index contributed by atoms with van der Waals surface area (Å²) < 4.78 is 34.3. The number of allylic oxidation sites excluding steroid dienone is 6. The van der Waals surface area contributed by atoms with E-state index in [1.807, 2.05) is 21.1 Å². The summed E-state index contributed by atoms with van der Waals surface area (Å²) in [6.07, 6.45) is 37.2. The van der Waals surface area contributed by atoms with E-state index in [2.05, 4.69) is 50.3 Å². The van der Waals surface area contributed by atoms with Gasteiger partial charge in [0.05, 0.1) is 34.4 Å². The summed E-state index contributed by atoms with van der Waals surface area (Å²) in [5, 5.41) is 0. The van der Waals surface area contributed by atoms with Crippen molar-refractivity contribution in [3.63, 3.8) is 0 Å². The Morgan fingerprint density at radius 1 is 0.633 bits per heavy atom. The molecule has 0 bridgehead atoms. The molecule has 288 valence electrons. The molecule has 0 saturated carbocycles. The largest absolute Gasteiger partial charge is 0.756 e. The zero-order valence-electron chi connectivity index (χ0n) is 32.4. The van der Waals surface area contributed by atoms with Gasteiger partial charge < -0.3 is 27.9 Å². The zero-order valence-corrected chi connectivity index (χ0v) is 33.3. The SMILES string of the molecule is CCCCC/C=C\C/C=C\C/C=C\CCCCCCCCC(=O)OC(COCCCCCCCCCC)COP(=O)([O-])OCC[N+](C)(C)C. The van der Waals surface area contributed by atoms with Gasteiger partial charge in [0.2, 0.25) is 0 Å². The Morgan fingerprint density at radius 3 is 1.71 bits per heavy atom. The molecular weight excluding hydrogens is 637 g/mol. The van der Waals surface area contributed by atoms with E-state index in [0.717, 1.165) is 57.8 Å². The van der Waals surface area contributed by atoms with Crippen molar-refractivity contribution >= 4 is 13.8 Å². The average Bonchev–Trinajstić information content (AvgIpc) is 3.04. The van der Waals surface area contributed by atoms with Crippen molar-refractivity contribution < 1.29 is 37.3 Å². The normalized spacial score (nSPS) is 14.3. The quantitative estimate of drug-likeness (QED) is 0.0210. The molecule has 0 aromatic carbocycles. The minimum Gasteiger partial charge on any atom is -0.756 e. The molecule has 0 aromatic heterocycles. The van der Waals surface area contributed by atoms with Gasteiger partial charge in [-0.15, -0.1) is 0 Å². The number of likely N-dealkylation sites (N-methyl/N-ethyl adjacent to an activating group) is 1. The van der Waals surface area contributed by atoms with Gasteiger partial charge in [0.1, 0.15) is 19.3 Å². The highest BCUT2D eigenvalue weighted by atomic mass is 31.2. The number of nitrogens with zero attached hydrogens (tertiary/aromatic N) is 1. The fourth-order valence-corrected chi connectivity index (χ4v) is 5.81. The predicted molar refractivity (Wildman–Crippen MR) is 203 cm³/mol. The molecule has 0 rings (SSSR count). The zero-order chi connectivity index (χ0) is 36.3. The Bertz CT molecular complexity index is 884. The van der Waals surface area contributed by atoms with Crippen LogP contribution in [0.4, 0.5) is 0 Å². The first kappa shape index (κ1) is 47.7. The maximum atomic E-state index is 12.6. The van der Waals surface area contributed by atoms with E-state index in [-0.39, 0.29) is 25.8 Å². The molecule has 0 N–H and O–H groups in total. The Balaban J connectivity index is 4.24. The number of hydrogen-bond donors (Lipinski definition) is 0. The number of carbonyl (C=O) groups is 1. The number of carbonyl (C=O) groups excluding carboxylic acids is 1. The average molecular weight is 714 g/mol. The summed E-state index contributed by atoms with van der Waals surface area (Å²) in [7, 11) is 1.34. The van der Waals surface area contributed by atoms with E-state index in [4.69, 9.17) is 18.5 Å². The Hall–Kier alpha value is -1.28. The van der Waals surface area contributed by atoms with Gasteiger partial charge in [0.25, 0.3) is 7.82 Å². The van der Waals surface area contributed by atoms with Crippen molar-refractivity contribution in [1.29, 1.82) is 0 Å². The van der Waals surface area contributed by atoms with Crippen LogP contribution in [-0.4, -0.2) is 70.7 Å². The second-order valence-corrected chi connectivity index (χ2v) is 15.7. The molecule has 2 atom stereocenters. The second kappa shape index (κ2) is 33.8. The van der Waals surface area contributed by atoms with Crippen molar-refractivity contribution in [2.75, 3.05) is 54.1 Å². The Labute approximate surface area is 302 Å². The molecule has 0 aliphatic rings. The van der Waals surface area contributed by atoms with Crippen LogP contribution in [0.3, 0.4) is 0 Å².